The SMILES string of the molecule is C=Cc1cc2c(N3CCC4(CC3)CN(C(=O)OC(C)(C)C)C4)nc(OC3CCN(C)CC3)nc2c(F)c1Br. The van der Waals surface area contributed by atoms with Crippen molar-refractivity contribution >= 4 is 44.8 Å². The van der Waals surface area contributed by atoms with Crippen LogP contribution < -0.4 is 9.64 Å². The number of piperidine rings is 2. The van der Waals surface area contributed by atoms with Crippen LogP contribution in [0.15, 0.2) is 17.1 Å². The maximum Gasteiger partial charge on any atom is 0.410 e. The van der Waals surface area contributed by atoms with Gasteiger partial charge in [-0.25, -0.2) is 9.18 Å². The van der Waals surface area contributed by atoms with Crippen LogP contribution in [0.25, 0.3) is 17.0 Å². The summed E-state index contributed by atoms with van der Waals surface area (Å²) in [6, 6.07) is 2.11. The topological polar surface area (TPSA) is 71.0 Å². The van der Waals surface area contributed by atoms with Crippen LogP contribution in [0, 0.1) is 11.2 Å². The van der Waals surface area contributed by atoms with Gasteiger partial charge in [0.1, 0.15) is 23.0 Å². The molecule has 3 saturated heterocycles. The third-order valence-electron chi connectivity index (χ3n) is 7.84. The van der Waals surface area contributed by atoms with E-state index in [1.54, 1.807) is 11.0 Å². The highest BCUT2D eigenvalue weighted by Gasteiger charge is 2.48. The van der Waals surface area contributed by atoms with Crippen LogP contribution in [0.5, 0.6) is 6.01 Å². The third kappa shape index (κ3) is 5.47. The number of amides is 1. The number of halogens is 2. The normalized spacial score (nSPS) is 20.5. The average molecular weight is 591 g/mol. The molecular formula is C28H37BrFN5O3. The number of ether oxygens (including phenoxy) is 2. The van der Waals surface area contributed by atoms with E-state index in [2.05, 4.69) is 44.3 Å². The first-order valence-corrected chi connectivity index (χ1v) is 14.2. The number of likely N-dealkylation sites (tertiary alicyclic amines) is 2. The molecular weight excluding hydrogens is 553 g/mol. The summed E-state index contributed by atoms with van der Waals surface area (Å²) in [7, 11) is 2.10. The molecule has 0 saturated carbocycles. The van der Waals surface area contributed by atoms with Crippen LogP contribution in [0.1, 0.15) is 52.0 Å². The Balaban J connectivity index is 1.37. The van der Waals surface area contributed by atoms with E-state index in [0.29, 0.717) is 34.3 Å². The summed E-state index contributed by atoms with van der Waals surface area (Å²) in [6.45, 7) is 14.3. The van der Waals surface area contributed by atoms with Crippen molar-refractivity contribution in [1.29, 1.82) is 0 Å². The third-order valence-corrected chi connectivity index (χ3v) is 8.65. The maximum atomic E-state index is 15.5. The fourth-order valence-electron chi connectivity index (χ4n) is 5.61. The standard InChI is InChI=1S/C28H37BrFN5O3/c1-6-18-15-20-23(22(30)21(18)29)31-25(37-19-7-11-33(5)12-8-19)32-24(20)34-13-9-28(10-14-34)16-35(17-28)26(36)38-27(2,3)4/h6,15,19H,1,7-14,16-17H2,2-5H3. The van der Waals surface area contributed by atoms with E-state index in [-0.39, 0.29) is 29.1 Å². The second-order valence-electron chi connectivity index (χ2n) is 12.0. The molecule has 0 N–H and O–H groups in total. The number of aromatic nitrogens is 2. The zero-order valence-corrected chi connectivity index (χ0v) is 24.3. The predicted molar refractivity (Wildman–Crippen MR) is 150 cm³/mol. The van der Waals surface area contributed by atoms with Crippen molar-refractivity contribution in [2.24, 2.45) is 5.41 Å². The lowest BCUT2D eigenvalue weighted by atomic mass is 9.72. The summed E-state index contributed by atoms with van der Waals surface area (Å²) in [5.74, 6) is 0.250. The van der Waals surface area contributed by atoms with E-state index in [9.17, 15) is 4.79 Å². The highest BCUT2D eigenvalue weighted by atomic mass is 79.9. The molecule has 2 aromatic rings. The minimum Gasteiger partial charge on any atom is -0.460 e. The Morgan fingerprint density at radius 1 is 1.18 bits per heavy atom. The number of hydrogen-bond donors (Lipinski definition) is 0. The number of benzene rings is 1. The molecule has 1 spiro atoms. The summed E-state index contributed by atoms with van der Waals surface area (Å²) in [5, 5.41) is 0.649. The Hall–Kier alpha value is -2.46. The average Bonchev–Trinajstić information content (AvgIpc) is 2.85. The quantitative estimate of drug-likeness (QED) is 0.467. The summed E-state index contributed by atoms with van der Waals surface area (Å²) in [4.78, 5) is 28.1. The van der Waals surface area contributed by atoms with Gasteiger partial charge in [0, 0.05) is 50.1 Å². The smallest absolute Gasteiger partial charge is 0.410 e. The molecule has 1 aromatic heterocycles. The molecule has 0 aliphatic carbocycles. The van der Waals surface area contributed by atoms with Crippen LogP contribution in [-0.2, 0) is 4.74 Å². The van der Waals surface area contributed by atoms with E-state index in [1.807, 2.05) is 26.8 Å². The number of anilines is 1. The second kappa shape index (κ2) is 10.3. The number of rotatable bonds is 4. The molecule has 5 rings (SSSR count). The molecule has 3 aliphatic rings. The Bertz CT molecular complexity index is 1230. The van der Waals surface area contributed by atoms with Gasteiger partial charge in [-0.15, -0.1) is 0 Å². The summed E-state index contributed by atoms with van der Waals surface area (Å²) in [6.07, 6.45) is 4.98. The van der Waals surface area contributed by atoms with Gasteiger partial charge in [0.25, 0.3) is 0 Å². The number of hydrogen-bond acceptors (Lipinski definition) is 7. The van der Waals surface area contributed by atoms with E-state index in [1.165, 1.54) is 0 Å². The lowest BCUT2D eigenvalue weighted by Crippen LogP contribution is -2.62. The van der Waals surface area contributed by atoms with Crippen molar-refractivity contribution in [3.05, 3.63) is 28.5 Å². The maximum absolute atomic E-state index is 15.5. The minimum absolute atomic E-state index is 0.00823. The first-order valence-electron chi connectivity index (χ1n) is 13.4. The molecule has 0 radical (unpaired) electrons. The van der Waals surface area contributed by atoms with Crippen molar-refractivity contribution in [3.63, 3.8) is 0 Å². The molecule has 3 aliphatic heterocycles. The highest BCUT2D eigenvalue weighted by molar-refractivity contribution is 9.10. The van der Waals surface area contributed by atoms with Gasteiger partial charge >= 0.3 is 12.1 Å². The largest absolute Gasteiger partial charge is 0.460 e. The van der Waals surface area contributed by atoms with Gasteiger partial charge in [-0.3, -0.25) is 0 Å². The minimum atomic E-state index is -0.501. The van der Waals surface area contributed by atoms with E-state index in [0.717, 1.165) is 51.9 Å². The molecule has 206 valence electrons. The number of fused-ring (bicyclic) bond motifs is 1. The lowest BCUT2D eigenvalue weighted by Gasteiger charge is -2.53. The predicted octanol–water partition coefficient (Wildman–Crippen LogP) is 5.48. The Morgan fingerprint density at radius 3 is 2.45 bits per heavy atom. The lowest BCUT2D eigenvalue weighted by molar-refractivity contribution is -0.0434. The zero-order valence-electron chi connectivity index (χ0n) is 22.7. The van der Waals surface area contributed by atoms with Crippen LogP contribution in [0.4, 0.5) is 15.0 Å². The molecule has 0 unspecified atom stereocenters. The summed E-state index contributed by atoms with van der Waals surface area (Å²) < 4.78 is 27.6. The van der Waals surface area contributed by atoms with E-state index < -0.39 is 11.4 Å². The van der Waals surface area contributed by atoms with Crippen molar-refractivity contribution in [2.75, 3.05) is 51.2 Å². The summed E-state index contributed by atoms with van der Waals surface area (Å²) in [5.41, 5.74) is 0.489. The Kier molecular flexibility index (Phi) is 7.32. The van der Waals surface area contributed by atoms with Gasteiger partial charge in [-0.05, 0) is 81.1 Å². The van der Waals surface area contributed by atoms with E-state index >= 15 is 4.39 Å². The molecule has 8 nitrogen and oxygen atoms in total. The summed E-state index contributed by atoms with van der Waals surface area (Å²) >= 11 is 3.37. The molecule has 1 amide bonds. The van der Waals surface area contributed by atoms with Crippen LogP contribution in [0.2, 0.25) is 0 Å². The Labute approximate surface area is 232 Å². The van der Waals surface area contributed by atoms with Gasteiger partial charge in [-0.2, -0.15) is 9.97 Å². The fourth-order valence-corrected chi connectivity index (χ4v) is 6.07. The van der Waals surface area contributed by atoms with Gasteiger partial charge in [-0.1, -0.05) is 12.7 Å². The van der Waals surface area contributed by atoms with Gasteiger partial charge < -0.3 is 24.2 Å². The first-order chi connectivity index (χ1) is 18.0. The van der Waals surface area contributed by atoms with Crippen LogP contribution in [0.3, 0.4) is 0 Å². The van der Waals surface area contributed by atoms with E-state index in [4.69, 9.17) is 14.5 Å². The molecule has 4 heterocycles. The first kappa shape index (κ1) is 27.1. The van der Waals surface area contributed by atoms with Crippen LogP contribution >= 0.6 is 15.9 Å². The molecule has 10 heteroatoms. The number of carbonyl (C=O) groups is 1. The molecule has 38 heavy (non-hydrogen) atoms. The van der Waals surface area contributed by atoms with Crippen molar-refractivity contribution in [2.45, 2.75) is 58.2 Å². The highest BCUT2D eigenvalue weighted by Crippen LogP contribution is 2.43. The fraction of sp³-hybridized carbons (Fsp3) is 0.607. The van der Waals surface area contributed by atoms with Gasteiger partial charge in [0.2, 0.25) is 0 Å². The van der Waals surface area contributed by atoms with Crippen molar-refractivity contribution < 1.29 is 18.7 Å². The van der Waals surface area contributed by atoms with Crippen molar-refractivity contribution in [1.82, 2.24) is 19.8 Å². The second-order valence-corrected chi connectivity index (χ2v) is 12.8. The zero-order chi connectivity index (χ0) is 27.2. The van der Waals surface area contributed by atoms with Crippen LogP contribution in [-0.4, -0.2) is 83.9 Å². The number of nitrogens with zero attached hydrogens (tertiary/aromatic N) is 5. The Morgan fingerprint density at radius 2 is 1.84 bits per heavy atom. The molecule has 0 bridgehead atoms. The van der Waals surface area contributed by atoms with Crippen molar-refractivity contribution in [3.8, 4) is 6.01 Å². The molecule has 0 atom stereocenters. The number of carbonyl (C=O) groups excluding carboxylic acids is 1. The molecule has 1 aromatic carbocycles. The van der Waals surface area contributed by atoms with Gasteiger partial charge in [0.15, 0.2) is 5.82 Å². The molecule has 3 fully saturated rings. The van der Waals surface area contributed by atoms with Gasteiger partial charge in [0.05, 0.1) is 4.47 Å². The monoisotopic (exact) mass is 589 g/mol.